The summed E-state index contributed by atoms with van der Waals surface area (Å²) < 4.78 is 0. The summed E-state index contributed by atoms with van der Waals surface area (Å²) in [6.07, 6.45) is 3.11. The smallest absolute Gasteiger partial charge is 0.0786 e. The zero-order valence-corrected chi connectivity index (χ0v) is 20.0. The summed E-state index contributed by atoms with van der Waals surface area (Å²) in [6.45, 7) is 11.4. The quantitative estimate of drug-likeness (QED) is 0.280. The fourth-order valence-corrected chi connectivity index (χ4v) is 5.28. The highest BCUT2D eigenvalue weighted by Crippen LogP contribution is 2.43. The summed E-state index contributed by atoms with van der Waals surface area (Å²) in [5, 5.41) is 2.60. The second-order valence-corrected chi connectivity index (χ2v) is 10.4. The first kappa shape index (κ1) is 20.9. The molecular formula is C31H33N. The second-order valence-electron chi connectivity index (χ2n) is 10.4. The first-order chi connectivity index (χ1) is 15.4. The van der Waals surface area contributed by atoms with Crippen molar-refractivity contribution in [2.75, 3.05) is 0 Å². The van der Waals surface area contributed by atoms with E-state index in [0.29, 0.717) is 11.8 Å². The maximum absolute atomic E-state index is 5.28. The maximum atomic E-state index is 5.28. The van der Waals surface area contributed by atoms with E-state index in [0.717, 1.165) is 25.0 Å². The van der Waals surface area contributed by atoms with Crippen LogP contribution in [0.5, 0.6) is 0 Å². The average molecular weight is 420 g/mol. The van der Waals surface area contributed by atoms with Gasteiger partial charge in [0.05, 0.1) is 5.69 Å². The van der Waals surface area contributed by atoms with Gasteiger partial charge in [0.15, 0.2) is 0 Å². The molecule has 1 heterocycles. The molecule has 1 nitrogen and oxygen atoms in total. The van der Waals surface area contributed by atoms with Gasteiger partial charge in [0.1, 0.15) is 0 Å². The molecule has 0 amide bonds. The lowest BCUT2D eigenvalue weighted by molar-refractivity contribution is 0.636. The second kappa shape index (κ2) is 8.20. The molecule has 5 rings (SSSR count). The van der Waals surface area contributed by atoms with Gasteiger partial charge in [0, 0.05) is 16.6 Å². The van der Waals surface area contributed by atoms with Crippen LogP contribution in [0.3, 0.4) is 0 Å². The Balaban J connectivity index is 1.74. The minimum atomic E-state index is 0.583. The fourth-order valence-electron chi connectivity index (χ4n) is 5.28. The van der Waals surface area contributed by atoms with E-state index in [2.05, 4.69) is 95.3 Å². The predicted octanol–water partition coefficient (Wildman–Crippen LogP) is 8.18. The van der Waals surface area contributed by atoms with Gasteiger partial charge in [0.25, 0.3) is 0 Å². The Hall–Kier alpha value is -2.93. The Morgan fingerprint density at radius 3 is 2.31 bits per heavy atom. The summed E-state index contributed by atoms with van der Waals surface area (Å²) >= 11 is 0. The van der Waals surface area contributed by atoms with E-state index < -0.39 is 0 Å². The molecule has 1 aliphatic rings. The SMILES string of the molecule is Cc1cc2c(c(-c3nc(CC(C)C)cc4cc(CC(C)C)ccc34)c1)Cc1ccccc1-2. The molecule has 0 atom stereocenters. The Kier molecular flexibility index (Phi) is 5.37. The third-order valence-electron chi connectivity index (χ3n) is 6.53. The van der Waals surface area contributed by atoms with Gasteiger partial charge >= 0.3 is 0 Å². The van der Waals surface area contributed by atoms with Crippen molar-refractivity contribution in [3.8, 4) is 22.4 Å². The lowest BCUT2D eigenvalue weighted by atomic mass is 9.92. The van der Waals surface area contributed by atoms with Crippen LogP contribution in [0.1, 0.15) is 55.6 Å². The van der Waals surface area contributed by atoms with Crippen molar-refractivity contribution < 1.29 is 0 Å². The number of rotatable bonds is 5. The van der Waals surface area contributed by atoms with E-state index in [1.165, 1.54) is 55.4 Å². The standard InChI is InChI=1S/C31H33N/c1-19(2)12-22-10-11-27-24(16-22)17-25(13-20(3)4)32-31(27)30-15-21(5)14-28-26-9-7-6-8-23(26)18-29(28)30/h6-11,14-17,19-20H,12-13,18H2,1-5H3. The largest absolute Gasteiger partial charge is 0.252 e. The van der Waals surface area contributed by atoms with Crippen LogP contribution in [0.15, 0.2) is 60.7 Å². The van der Waals surface area contributed by atoms with Gasteiger partial charge in [-0.3, -0.25) is 4.98 Å². The molecule has 3 aromatic carbocycles. The normalized spacial score (nSPS) is 12.6. The third-order valence-corrected chi connectivity index (χ3v) is 6.53. The summed E-state index contributed by atoms with van der Waals surface area (Å²) in [7, 11) is 0. The number of fused-ring (bicyclic) bond motifs is 4. The molecule has 162 valence electrons. The molecule has 0 saturated heterocycles. The molecule has 0 unspecified atom stereocenters. The highest BCUT2D eigenvalue weighted by molar-refractivity contribution is 5.98. The molecule has 0 N–H and O–H groups in total. The predicted molar refractivity (Wildman–Crippen MR) is 137 cm³/mol. The maximum Gasteiger partial charge on any atom is 0.0786 e. The molecule has 1 aliphatic carbocycles. The van der Waals surface area contributed by atoms with Crippen molar-refractivity contribution in [2.24, 2.45) is 11.8 Å². The Bertz CT molecular complexity index is 1300. The summed E-state index contributed by atoms with van der Waals surface area (Å²) in [6, 6.07) is 22.9. The van der Waals surface area contributed by atoms with Crippen LogP contribution in [0.25, 0.3) is 33.2 Å². The minimum Gasteiger partial charge on any atom is -0.252 e. The zero-order valence-electron chi connectivity index (χ0n) is 20.0. The Morgan fingerprint density at radius 1 is 0.781 bits per heavy atom. The van der Waals surface area contributed by atoms with Crippen molar-refractivity contribution in [3.05, 3.63) is 88.6 Å². The van der Waals surface area contributed by atoms with Crippen LogP contribution >= 0.6 is 0 Å². The van der Waals surface area contributed by atoms with Gasteiger partial charge in [0.2, 0.25) is 0 Å². The van der Waals surface area contributed by atoms with Crippen LogP contribution in [0.4, 0.5) is 0 Å². The van der Waals surface area contributed by atoms with Gasteiger partial charge in [-0.1, -0.05) is 76.2 Å². The van der Waals surface area contributed by atoms with E-state index >= 15 is 0 Å². The van der Waals surface area contributed by atoms with Crippen molar-refractivity contribution in [2.45, 2.75) is 53.9 Å². The zero-order chi connectivity index (χ0) is 22.4. The lowest BCUT2D eigenvalue weighted by Crippen LogP contribution is -2.02. The molecule has 0 fully saturated rings. The average Bonchev–Trinajstić information content (AvgIpc) is 3.10. The van der Waals surface area contributed by atoms with E-state index in [4.69, 9.17) is 4.98 Å². The molecular weight excluding hydrogens is 386 g/mol. The highest BCUT2D eigenvalue weighted by Gasteiger charge is 2.23. The molecule has 1 aromatic heterocycles. The van der Waals surface area contributed by atoms with E-state index in [1.54, 1.807) is 0 Å². The number of benzene rings is 3. The Labute approximate surface area is 192 Å². The number of aryl methyl sites for hydroxylation is 1. The number of nitrogens with zero attached hydrogens (tertiary/aromatic N) is 1. The third kappa shape index (κ3) is 3.86. The number of hydrogen-bond acceptors (Lipinski definition) is 1. The topological polar surface area (TPSA) is 12.9 Å². The van der Waals surface area contributed by atoms with Gasteiger partial charge in [-0.25, -0.2) is 0 Å². The number of pyridine rings is 1. The summed E-state index contributed by atoms with van der Waals surface area (Å²) in [5.74, 6) is 1.24. The van der Waals surface area contributed by atoms with Crippen molar-refractivity contribution >= 4 is 10.8 Å². The first-order valence-corrected chi connectivity index (χ1v) is 12.0. The van der Waals surface area contributed by atoms with Crippen molar-refractivity contribution in [1.82, 2.24) is 4.98 Å². The van der Waals surface area contributed by atoms with Crippen LogP contribution < -0.4 is 0 Å². The Morgan fingerprint density at radius 2 is 1.53 bits per heavy atom. The van der Waals surface area contributed by atoms with Gasteiger partial charge in [-0.05, 0) is 88.9 Å². The molecule has 0 radical (unpaired) electrons. The fraction of sp³-hybridized carbons (Fsp3) is 0.323. The van der Waals surface area contributed by atoms with Crippen LogP contribution in [0.2, 0.25) is 0 Å². The number of hydrogen-bond donors (Lipinski definition) is 0. The van der Waals surface area contributed by atoms with Gasteiger partial charge in [-0.2, -0.15) is 0 Å². The van der Waals surface area contributed by atoms with Crippen LogP contribution in [-0.2, 0) is 19.3 Å². The van der Waals surface area contributed by atoms with Crippen LogP contribution in [-0.4, -0.2) is 4.98 Å². The first-order valence-electron chi connectivity index (χ1n) is 12.0. The minimum absolute atomic E-state index is 0.583. The summed E-state index contributed by atoms with van der Waals surface area (Å²) in [5.41, 5.74) is 12.0. The van der Waals surface area contributed by atoms with Crippen LogP contribution in [0, 0.1) is 18.8 Å². The van der Waals surface area contributed by atoms with E-state index in [1.807, 2.05) is 0 Å². The highest BCUT2D eigenvalue weighted by atomic mass is 14.7. The van der Waals surface area contributed by atoms with Gasteiger partial charge in [-0.15, -0.1) is 0 Å². The molecule has 1 heteroatoms. The summed E-state index contributed by atoms with van der Waals surface area (Å²) in [4.78, 5) is 5.28. The van der Waals surface area contributed by atoms with E-state index in [9.17, 15) is 0 Å². The molecule has 0 spiro atoms. The molecule has 0 saturated carbocycles. The molecule has 32 heavy (non-hydrogen) atoms. The monoisotopic (exact) mass is 419 g/mol. The molecule has 0 aliphatic heterocycles. The molecule has 4 aromatic rings. The number of aromatic nitrogens is 1. The lowest BCUT2D eigenvalue weighted by Gasteiger charge is -2.16. The van der Waals surface area contributed by atoms with E-state index in [-0.39, 0.29) is 0 Å². The van der Waals surface area contributed by atoms with Crippen molar-refractivity contribution in [1.29, 1.82) is 0 Å². The van der Waals surface area contributed by atoms with Crippen molar-refractivity contribution in [3.63, 3.8) is 0 Å². The molecule has 0 bridgehead atoms. The van der Waals surface area contributed by atoms with Gasteiger partial charge < -0.3 is 0 Å².